The average molecular weight is 211 g/mol. The molecule has 66 valence electrons. The Morgan fingerprint density at radius 1 is 1.00 bits per heavy atom. The van der Waals surface area contributed by atoms with Crippen LogP contribution in [0.2, 0.25) is 5.02 Å². The third-order valence-corrected chi connectivity index (χ3v) is 2.58. The molecule has 0 heterocycles. The molecule has 0 saturated heterocycles. The molecule has 0 saturated carbocycles. The van der Waals surface area contributed by atoms with Gasteiger partial charge in [0.05, 0.1) is 0 Å². The maximum atomic E-state index is 8.84. The smallest absolute Gasteiger partial charge is 0.0412 e. The number of halogens is 1. The van der Waals surface area contributed by atoms with E-state index in [1.54, 1.807) is 0 Å². The SMILES string of the molecule is OSc1ccc2cc(Cl)ccc2c1. The summed E-state index contributed by atoms with van der Waals surface area (Å²) in [6.45, 7) is 0. The molecule has 0 unspecified atom stereocenters. The molecule has 13 heavy (non-hydrogen) atoms. The first-order valence-corrected chi connectivity index (χ1v) is 4.95. The number of benzene rings is 2. The lowest BCUT2D eigenvalue weighted by Crippen LogP contribution is -1.74. The van der Waals surface area contributed by atoms with Crippen LogP contribution in [0, 0.1) is 0 Å². The molecule has 0 amide bonds. The molecule has 0 bridgehead atoms. The van der Waals surface area contributed by atoms with Gasteiger partial charge in [0.15, 0.2) is 0 Å². The van der Waals surface area contributed by atoms with E-state index in [2.05, 4.69) is 0 Å². The van der Waals surface area contributed by atoms with E-state index in [0.29, 0.717) is 0 Å². The maximum absolute atomic E-state index is 8.84. The number of hydrogen-bond donors (Lipinski definition) is 1. The van der Waals surface area contributed by atoms with Gasteiger partial charge in [-0.05, 0) is 35.0 Å². The summed E-state index contributed by atoms with van der Waals surface area (Å²) in [5.74, 6) is 0. The highest BCUT2D eigenvalue weighted by atomic mass is 35.5. The standard InChI is InChI=1S/C10H7ClOS/c11-9-3-1-8-6-10(13-12)4-2-7(8)5-9/h1-6,12H. The molecule has 1 nitrogen and oxygen atoms in total. The van der Waals surface area contributed by atoms with Crippen LogP contribution < -0.4 is 0 Å². The molecule has 2 aromatic carbocycles. The normalized spacial score (nSPS) is 10.6. The van der Waals surface area contributed by atoms with Gasteiger partial charge >= 0.3 is 0 Å². The Balaban J connectivity index is 2.66. The average Bonchev–Trinajstić information content (AvgIpc) is 2.17. The Labute approximate surface area is 85.5 Å². The van der Waals surface area contributed by atoms with E-state index in [9.17, 15) is 0 Å². The van der Waals surface area contributed by atoms with E-state index in [4.69, 9.17) is 16.2 Å². The fraction of sp³-hybridized carbons (Fsp3) is 0. The highest BCUT2D eigenvalue weighted by Crippen LogP contribution is 2.23. The van der Waals surface area contributed by atoms with Gasteiger partial charge in [-0.2, -0.15) is 0 Å². The molecule has 0 fully saturated rings. The molecule has 1 N–H and O–H groups in total. The van der Waals surface area contributed by atoms with Crippen molar-refractivity contribution in [2.24, 2.45) is 0 Å². The van der Waals surface area contributed by atoms with Gasteiger partial charge in [-0.15, -0.1) is 0 Å². The summed E-state index contributed by atoms with van der Waals surface area (Å²) in [5, 5.41) is 2.91. The Bertz CT molecular complexity index is 442. The van der Waals surface area contributed by atoms with Gasteiger partial charge in [0.25, 0.3) is 0 Å². The zero-order valence-corrected chi connectivity index (χ0v) is 8.27. The van der Waals surface area contributed by atoms with Gasteiger partial charge in [-0.1, -0.05) is 23.7 Å². The van der Waals surface area contributed by atoms with Crippen LogP contribution in [0.25, 0.3) is 10.8 Å². The van der Waals surface area contributed by atoms with Crippen LogP contribution in [0.5, 0.6) is 0 Å². The molecule has 0 aliphatic heterocycles. The minimum Gasteiger partial charge on any atom is -0.325 e. The zero-order valence-electron chi connectivity index (χ0n) is 6.70. The minimum absolute atomic E-state index is 0.733. The minimum atomic E-state index is 0.733. The van der Waals surface area contributed by atoms with Crippen molar-refractivity contribution in [3.8, 4) is 0 Å². The van der Waals surface area contributed by atoms with E-state index in [-0.39, 0.29) is 0 Å². The van der Waals surface area contributed by atoms with Crippen LogP contribution in [-0.4, -0.2) is 4.55 Å². The van der Waals surface area contributed by atoms with Crippen LogP contribution in [0.1, 0.15) is 0 Å². The molecule has 2 aromatic rings. The van der Waals surface area contributed by atoms with Crippen LogP contribution in [0.3, 0.4) is 0 Å². The molecule has 3 heteroatoms. The molecule has 0 atom stereocenters. The first-order chi connectivity index (χ1) is 6.29. The van der Waals surface area contributed by atoms with Gasteiger partial charge in [0.2, 0.25) is 0 Å². The molecule has 0 aromatic heterocycles. The molecule has 0 spiro atoms. The summed E-state index contributed by atoms with van der Waals surface area (Å²) in [6, 6.07) is 11.4. The van der Waals surface area contributed by atoms with Crippen molar-refractivity contribution in [3.05, 3.63) is 41.4 Å². The number of fused-ring (bicyclic) bond motifs is 1. The summed E-state index contributed by atoms with van der Waals surface area (Å²) in [6.07, 6.45) is 0. The van der Waals surface area contributed by atoms with E-state index in [0.717, 1.165) is 32.7 Å². The topological polar surface area (TPSA) is 20.2 Å². The predicted molar refractivity (Wildman–Crippen MR) is 57.4 cm³/mol. The molecule has 2 rings (SSSR count). The summed E-state index contributed by atoms with van der Waals surface area (Å²) in [5.41, 5.74) is 0. The molecule has 0 radical (unpaired) electrons. The van der Waals surface area contributed by atoms with Crippen molar-refractivity contribution in [1.29, 1.82) is 0 Å². The third-order valence-electron chi connectivity index (χ3n) is 1.88. The van der Waals surface area contributed by atoms with Crippen LogP contribution >= 0.6 is 23.6 Å². The van der Waals surface area contributed by atoms with Crippen molar-refractivity contribution >= 4 is 34.4 Å². The van der Waals surface area contributed by atoms with E-state index in [1.165, 1.54) is 0 Å². The fourth-order valence-electron chi connectivity index (χ4n) is 1.25. The molecular formula is C10H7ClOS. The van der Waals surface area contributed by atoms with Crippen molar-refractivity contribution in [2.45, 2.75) is 4.90 Å². The summed E-state index contributed by atoms with van der Waals surface area (Å²) in [4.78, 5) is 0.842. The fourth-order valence-corrected chi connectivity index (χ4v) is 1.74. The van der Waals surface area contributed by atoms with Gasteiger partial charge < -0.3 is 4.55 Å². The lowest BCUT2D eigenvalue weighted by Gasteiger charge is -1.99. The summed E-state index contributed by atoms with van der Waals surface area (Å²) < 4.78 is 8.84. The maximum Gasteiger partial charge on any atom is 0.0412 e. The van der Waals surface area contributed by atoms with E-state index >= 15 is 0 Å². The Morgan fingerprint density at radius 2 is 1.69 bits per heavy atom. The van der Waals surface area contributed by atoms with Crippen molar-refractivity contribution < 1.29 is 4.55 Å². The highest BCUT2D eigenvalue weighted by molar-refractivity contribution is 7.93. The van der Waals surface area contributed by atoms with Crippen molar-refractivity contribution in [1.82, 2.24) is 0 Å². The Hall–Kier alpha value is -0.700. The second-order valence-electron chi connectivity index (χ2n) is 2.74. The van der Waals surface area contributed by atoms with Crippen molar-refractivity contribution in [3.63, 3.8) is 0 Å². The number of hydrogen-bond acceptors (Lipinski definition) is 2. The summed E-state index contributed by atoms with van der Waals surface area (Å²) >= 11 is 6.59. The lowest BCUT2D eigenvalue weighted by molar-refractivity contribution is 0.664. The molecule has 0 aliphatic carbocycles. The van der Waals surface area contributed by atoms with Crippen LogP contribution in [0.4, 0.5) is 0 Å². The lowest BCUT2D eigenvalue weighted by atomic mass is 10.1. The second kappa shape index (κ2) is 3.58. The van der Waals surface area contributed by atoms with E-state index in [1.807, 2.05) is 36.4 Å². The van der Waals surface area contributed by atoms with Gasteiger partial charge in [-0.25, -0.2) is 0 Å². The summed E-state index contributed by atoms with van der Waals surface area (Å²) in [7, 11) is 0. The molecular weight excluding hydrogens is 204 g/mol. The molecule has 0 aliphatic rings. The van der Waals surface area contributed by atoms with Crippen LogP contribution in [0.15, 0.2) is 41.3 Å². The second-order valence-corrected chi connectivity index (χ2v) is 3.83. The Kier molecular flexibility index (Phi) is 2.44. The van der Waals surface area contributed by atoms with Crippen molar-refractivity contribution in [2.75, 3.05) is 0 Å². The van der Waals surface area contributed by atoms with Gasteiger partial charge in [0.1, 0.15) is 0 Å². The van der Waals surface area contributed by atoms with Crippen LogP contribution in [-0.2, 0) is 0 Å². The van der Waals surface area contributed by atoms with Gasteiger partial charge in [0, 0.05) is 22.0 Å². The Morgan fingerprint density at radius 3 is 2.46 bits per heavy atom. The monoisotopic (exact) mass is 210 g/mol. The van der Waals surface area contributed by atoms with Gasteiger partial charge in [-0.3, -0.25) is 0 Å². The largest absolute Gasteiger partial charge is 0.325 e. The zero-order chi connectivity index (χ0) is 9.26. The first-order valence-electron chi connectivity index (χ1n) is 3.80. The van der Waals surface area contributed by atoms with E-state index < -0.39 is 0 Å². The predicted octanol–water partition coefficient (Wildman–Crippen LogP) is 4.06. The third kappa shape index (κ3) is 1.80. The quantitative estimate of drug-likeness (QED) is 0.717. The number of rotatable bonds is 1. The highest BCUT2D eigenvalue weighted by Gasteiger charge is 1.96. The first kappa shape index (κ1) is 8.88.